The van der Waals surface area contributed by atoms with Gasteiger partial charge in [-0.15, -0.1) is 0 Å². The lowest BCUT2D eigenvalue weighted by Gasteiger charge is -2.04. The van der Waals surface area contributed by atoms with Gasteiger partial charge >= 0.3 is 0 Å². The van der Waals surface area contributed by atoms with Crippen LogP contribution in [0.5, 0.6) is 0 Å². The first-order chi connectivity index (χ1) is 6.77. The van der Waals surface area contributed by atoms with E-state index in [1.807, 2.05) is 18.2 Å². The minimum atomic E-state index is 0.748. The van der Waals surface area contributed by atoms with Gasteiger partial charge in [-0.3, -0.25) is 4.98 Å². The summed E-state index contributed by atoms with van der Waals surface area (Å²) >= 11 is 0. The van der Waals surface area contributed by atoms with E-state index < -0.39 is 0 Å². The monoisotopic (exact) mass is 184 g/mol. The molecule has 0 aliphatic heterocycles. The summed E-state index contributed by atoms with van der Waals surface area (Å²) in [6, 6.07) is 11.8. The Hall–Kier alpha value is -1.83. The zero-order chi connectivity index (χ0) is 9.97. The van der Waals surface area contributed by atoms with Crippen LogP contribution in [-0.2, 0) is 0 Å². The smallest absolute Gasteiger partial charge is 0.0725 e. The molecule has 1 heterocycles. The number of aromatic nitrogens is 1. The number of aryl methyl sites for hydroxylation is 1. The maximum Gasteiger partial charge on any atom is 0.0725 e. The highest BCUT2D eigenvalue weighted by molar-refractivity contribution is 5.66. The third kappa shape index (κ3) is 1.59. The number of hydrogen-bond donors (Lipinski definition) is 1. The van der Waals surface area contributed by atoms with E-state index in [1.165, 1.54) is 5.56 Å². The first kappa shape index (κ1) is 8.75. The summed E-state index contributed by atoms with van der Waals surface area (Å²) in [5.41, 5.74) is 9.74. The van der Waals surface area contributed by atoms with Crippen molar-refractivity contribution in [3.63, 3.8) is 0 Å². The van der Waals surface area contributed by atoms with Crippen molar-refractivity contribution in [2.75, 3.05) is 5.73 Å². The highest BCUT2D eigenvalue weighted by Crippen LogP contribution is 2.21. The Labute approximate surface area is 83.4 Å². The van der Waals surface area contributed by atoms with Crippen LogP contribution < -0.4 is 5.73 Å². The summed E-state index contributed by atoms with van der Waals surface area (Å²) in [5, 5.41) is 0. The Morgan fingerprint density at radius 2 is 1.93 bits per heavy atom. The van der Waals surface area contributed by atoms with Gasteiger partial charge in [-0.1, -0.05) is 24.3 Å². The first-order valence-corrected chi connectivity index (χ1v) is 4.55. The van der Waals surface area contributed by atoms with E-state index in [9.17, 15) is 0 Å². The van der Waals surface area contributed by atoms with Crippen molar-refractivity contribution in [2.45, 2.75) is 6.92 Å². The van der Waals surface area contributed by atoms with Crippen LogP contribution in [0.4, 0.5) is 5.69 Å². The van der Waals surface area contributed by atoms with Crippen molar-refractivity contribution >= 4 is 5.69 Å². The summed E-state index contributed by atoms with van der Waals surface area (Å²) in [7, 11) is 0. The topological polar surface area (TPSA) is 38.9 Å². The van der Waals surface area contributed by atoms with Gasteiger partial charge in [0.2, 0.25) is 0 Å². The average Bonchev–Trinajstić information content (AvgIpc) is 2.18. The lowest BCUT2D eigenvalue weighted by molar-refractivity contribution is 1.31. The molecule has 0 aliphatic rings. The highest BCUT2D eigenvalue weighted by Gasteiger charge is 2.01. The van der Waals surface area contributed by atoms with Gasteiger partial charge in [-0.05, 0) is 24.6 Å². The van der Waals surface area contributed by atoms with Gasteiger partial charge in [0, 0.05) is 17.4 Å². The Morgan fingerprint density at radius 1 is 1.14 bits per heavy atom. The molecule has 1 aromatic carbocycles. The molecule has 0 aliphatic carbocycles. The molecule has 0 bridgehead atoms. The van der Waals surface area contributed by atoms with E-state index in [4.69, 9.17) is 5.73 Å². The van der Waals surface area contributed by atoms with Crippen LogP contribution in [0.15, 0.2) is 42.6 Å². The number of rotatable bonds is 1. The van der Waals surface area contributed by atoms with Crippen LogP contribution in [0.3, 0.4) is 0 Å². The predicted octanol–water partition coefficient (Wildman–Crippen LogP) is 2.64. The number of benzene rings is 1. The Balaban J connectivity index is 2.55. The molecule has 2 rings (SSSR count). The lowest BCUT2D eigenvalue weighted by atomic mass is 10.1. The van der Waals surface area contributed by atoms with E-state index in [2.05, 4.69) is 24.0 Å². The molecule has 14 heavy (non-hydrogen) atoms. The molecular weight excluding hydrogens is 172 g/mol. The van der Waals surface area contributed by atoms with Crippen molar-refractivity contribution < 1.29 is 0 Å². The number of hydrogen-bond acceptors (Lipinski definition) is 2. The van der Waals surface area contributed by atoms with Crippen molar-refractivity contribution in [3.8, 4) is 11.3 Å². The molecular formula is C12H12N2. The second-order valence-electron chi connectivity index (χ2n) is 3.29. The van der Waals surface area contributed by atoms with Gasteiger partial charge in [0.05, 0.1) is 5.69 Å². The normalized spacial score (nSPS) is 10.1. The molecule has 1 aromatic heterocycles. The molecule has 0 spiro atoms. The van der Waals surface area contributed by atoms with Crippen molar-refractivity contribution in [3.05, 3.63) is 48.2 Å². The van der Waals surface area contributed by atoms with Gasteiger partial charge in [0.15, 0.2) is 0 Å². The van der Waals surface area contributed by atoms with Crippen molar-refractivity contribution in [2.24, 2.45) is 0 Å². The quantitative estimate of drug-likeness (QED) is 0.740. The molecule has 0 unspecified atom stereocenters. The van der Waals surface area contributed by atoms with E-state index >= 15 is 0 Å². The van der Waals surface area contributed by atoms with Crippen LogP contribution in [0.25, 0.3) is 11.3 Å². The van der Waals surface area contributed by atoms with Gasteiger partial charge in [-0.2, -0.15) is 0 Å². The summed E-state index contributed by atoms with van der Waals surface area (Å²) in [4.78, 5) is 4.29. The Kier molecular flexibility index (Phi) is 2.19. The number of anilines is 1. The lowest BCUT2D eigenvalue weighted by Crippen LogP contribution is -1.89. The first-order valence-electron chi connectivity index (χ1n) is 4.55. The molecule has 0 saturated heterocycles. The minimum Gasteiger partial charge on any atom is -0.399 e. The Morgan fingerprint density at radius 3 is 2.64 bits per heavy atom. The second kappa shape index (κ2) is 3.50. The van der Waals surface area contributed by atoms with E-state index in [1.54, 1.807) is 12.3 Å². The third-order valence-electron chi connectivity index (χ3n) is 2.21. The molecule has 2 heteroatoms. The number of pyridine rings is 1. The molecule has 2 aromatic rings. The molecule has 0 atom stereocenters. The third-order valence-corrected chi connectivity index (χ3v) is 2.21. The molecule has 2 nitrogen and oxygen atoms in total. The van der Waals surface area contributed by atoms with E-state index in [0.717, 1.165) is 16.9 Å². The standard InChI is InChI=1S/C12H12N2/c1-9-4-2-3-5-11(9)12-8-10(13)6-7-14-12/h2-8H,1H3,(H2,13,14). The van der Waals surface area contributed by atoms with Crippen LogP contribution in [-0.4, -0.2) is 4.98 Å². The van der Waals surface area contributed by atoms with Gasteiger partial charge in [0.25, 0.3) is 0 Å². The fourth-order valence-corrected chi connectivity index (χ4v) is 1.45. The predicted molar refractivity (Wildman–Crippen MR) is 58.8 cm³/mol. The van der Waals surface area contributed by atoms with Crippen LogP contribution in [0.1, 0.15) is 5.56 Å². The molecule has 0 amide bonds. The second-order valence-corrected chi connectivity index (χ2v) is 3.29. The summed E-state index contributed by atoms with van der Waals surface area (Å²) in [5.74, 6) is 0. The molecule has 70 valence electrons. The number of nitrogens with two attached hydrogens (primary N) is 1. The van der Waals surface area contributed by atoms with Gasteiger partial charge in [0.1, 0.15) is 0 Å². The Bertz CT molecular complexity index is 450. The maximum absolute atomic E-state index is 5.71. The van der Waals surface area contributed by atoms with Crippen molar-refractivity contribution in [1.82, 2.24) is 4.98 Å². The largest absolute Gasteiger partial charge is 0.399 e. The zero-order valence-electron chi connectivity index (χ0n) is 8.07. The van der Waals surface area contributed by atoms with E-state index in [0.29, 0.717) is 0 Å². The fraction of sp³-hybridized carbons (Fsp3) is 0.0833. The zero-order valence-corrected chi connectivity index (χ0v) is 8.07. The van der Waals surface area contributed by atoms with Gasteiger partial charge in [-0.25, -0.2) is 0 Å². The molecule has 2 N–H and O–H groups in total. The summed E-state index contributed by atoms with van der Waals surface area (Å²) in [6.07, 6.45) is 1.73. The van der Waals surface area contributed by atoms with Crippen LogP contribution >= 0.6 is 0 Å². The summed E-state index contributed by atoms with van der Waals surface area (Å²) < 4.78 is 0. The van der Waals surface area contributed by atoms with Gasteiger partial charge < -0.3 is 5.73 Å². The number of nitrogens with zero attached hydrogens (tertiary/aromatic N) is 1. The SMILES string of the molecule is Cc1ccccc1-c1cc(N)ccn1. The molecule has 0 saturated carbocycles. The van der Waals surface area contributed by atoms with E-state index in [-0.39, 0.29) is 0 Å². The van der Waals surface area contributed by atoms with Crippen LogP contribution in [0, 0.1) is 6.92 Å². The average molecular weight is 184 g/mol. The maximum atomic E-state index is 5.71. The fourth-order valence-electron chi connectivity index (χ4n) is 1.45. The summed E-state index contributed by atoms with van der Waals surface area (Å²) in [6.45, 7) is 2.07. The number of nitrogen functional groups attached to an aromatic ring is 1. The highest BCUT2D eigenvalue weighted by atomic mass is 14.7. The molecule has 0 radical (unpaired) electrons. The minimum absolute atomic E-state index is 0.748. The van der Waals surface area contributed by atoms with Crippen LogP contribution in [0.2, 0.25) is 0 Å². The van der Waals surface area contributed by atoms with Crippen molar-refractivity contribution in [1.29, 1.82) is 0 Å². The molecule has 0 fully saturated rings.